The standard InChI is InChI=1S/C14H13FN2O2S/c15-11-4-1-3-10(7-11)9-19-12-5-2-6-17(14(12)18)8-13(16)20/h1-7H,8-9H2,(H2,16,20). The fourth-order valence-corrected chi connectivity index (χ4v) is 1.84. The van der Waals surface area contributed by atoms with Crippen LogP contribution < -0.4 is 16.0 Å². The number of benzene rings is 1. The van der Waals surface area contributed by atoms with E-state index in [1.165, 1.54) is 16.7 Å². The average molecular weight is 292 g/mol. The fraction of sp³-hybridized carbons (Fsp3) is 0.143. The number of nitrogens with two attached hydrogens (primary N) is 1. The molecule has 2 N–H and O–H groups in total. The molecule has 1 heterocycles. The van der Waals surface area contributed by atoms with Crippen molar-refractivity contribution in [2.45, 2.75) is 13.2 Å². The summed E-state index contributed by atoms with van der Waals surface area (Å²) in [6, 6.07) is 9.24. The molecule has 0 aliphatic rings. The van der Waals surface area contributed by atoms with Crippen LogP contribution in [0.4, 0.5) is 4.39 Å². The molecule has 0 unspecified atom stereocenters. The molecule has 104 valence electrons. The number of hydrogen-bond acceptors (Lipinski definition) is 3. The van der Waals surface area contributed by atoms with Gasteiger partial charge in [0.25, 0.3) is 5.56 Å². The Morgan fingerprint density at radius 2 is 2.15 bits per heavy atom. The molecule has 0 bridgehead atoms. The highest BCUT2D eigenvalue weighted by Crippen LogP contribution is 2.08. The number of ether oxygens (including phenoxy) is 1. The Labute approximate surface area is 120 Å². The van der Waals surface area contributed by atoms with Crippen molar-refractivity contribution in [2.24, 2.45) is 5.73 Å². The highest BCUT2D eigenvalue weighted by molar-refractivity contribution is 7.80. The number of rotatable bonds is 5. The van der Waals surface area contributed by atoms with Gasteiger partial charge in [0.05, 0.1) is 11.5 Å². The minimum atomic E-state index is -0.343. The predicted octanol–water partition coefficient (Wildman–Crippen LogP) is 1.85. The maximum absolute atomic E-state index is 13.0. The summed E-state index contributed by atoms with van der Waals surface area (Å²) < 4.78 is 19.8. The Balaban J connectivity index is 2.14. The molecule has 0 saturated carbocycles. The molecular formula is C14H13FN2O2S. The van der Waals surface area contributed by atoms with E-state index in [9.17, 15) is 9.18 Å². The molecule has 0 aliphatic heterocycles. The number of nitrogens with zero attached hydrogens (tertiary/aromatic N) is 1. The zero-order valence-electron chi connectivity index (χ0n) is 10.6. The van der Waals surface area contributed by atoms with Crippen LogP contribution in [0.2, 0.25) is 0 Å². The van der Waals surface area contributed by atoms with E-state index in [0.29, 0.717) is 5.56 Å². The SMILES string of the molecule is NC(=S)Cn1cccc(OCc2cccc(F)c2)c1=O. The molecule has 0 fully saturated rings. The van der Waals surface area contributed by atoms with Crippen LogP contribution >= 0.6 is 12.2 Å². The maximum atomic E-state index is 13.0. The van der Waals surface area contributed by atoms with E-state index >= 15 is 0 Å². The zero-order chi connectivity index (χ0) is 14.5. The molecule has 0 amide bonds. The predicted molar refractivity (Wildman–Crippen MR) is 78.2 cm³/mol. The van der Waals surface area contributed by atoms with E-state index in [4.69, 9.17) is 22.7 Å². The van der Waals surface area contributed by atoms with Gasteiger partial charge in [0.1, 0.15) is 12.4 Å². The summed E-state index contributed by atoms with van der Waals surface area (Å²) in [7, 11) is 0. The normalized spacial score (nSPS) is 10.2. The van der Waals surface area contributed by atoms with Gasteiger partial charge in [-0.1, -0.05) is 24.4 Å². The summed E-state index contributed by atoms with van der Waals surface area (Å²) in [4.78, 5) is 12.3. The Hall–Kier alpha value is -2.21. The number of hydrogen-bond donors (Lipinski definition) is 1. The van der Waals surface area contributed by atoms with Crippen LogP contribution in [0.3, 0.4) is 0 Å². The number of thiocarbonyl (C=S) groups is 1. The number of pyridine rings is 1. The topological polar surface area (TPSA) is 57.2 Å². The van der Waals surface area contributed by atoms with Crippen LogP contribution in [0.15, 0.2) is 47.4 Å². The van der Waals surface area contributed by atoms with E-state index in [2.05, 4.69) is 0 Å². The van der Waals surface area contributed by atoms with E-state index in [-0.39, 0.29) is 35.3 Å². The van der Waals surface area contributed by atoms with Crippen LogP contribution in [-0.2, 0) is 13.2 Å². The molecule has 0 aliphatic carbocycles. The quantitative estimate of drug-likeness (QED) is 0.855. The molecule has 0 saturated heterocycles. The van der Waals surface area contributed by atoms with Crippen LogP contribution in [0.5, 0.6) is 5.75 Å². The summed E-state index contributed by atoms with van der Waals surface area (Å²) in [5, 5.41) is 0. The monoisotopic (exact) mass is 292 g/mol. The van der Waals surface area contributed by atoms with Gasteiger partial charge in [-0.3, -0.25) is 4.79 Å². The molecule has 4 nitrogen and oxygen atoms in total. The maximum Gasteiger partial charge on any atom is 0.293 e. The molecule has 2 aromatic rings. The first-order chi connectivity index (χ1) is 9.56. The lowest BCUT2D eigenvalue weighted by Gasteiger charge is -2.09. The van der Waals surface area contributed by atoms with Crippen LogP contribution in [0, 0.1) is 5.82 Å². The van der Waals surface area contributed by atoms with Gasteiger partial charge in [-0.05, 0) is 29.8 Å². The first-order valence-electron chi connectivity index (χ1n) is 5.91. The van der Waals surface area contributed by atoms with E-state index in [1.807, 2.05) is 0 Å². The highest BCUT2D eigenvalue weighted by Gasteiger charge is 2.05. The van der Waals surface area contributed by atoms with Gasteiger partial charge in [-0.2, -0.15) is 0 Å². The van der Waals surface area contributed by atoms with Crippen molar-refractivity contribution < 1.29 is 9.13 Å². The van der Waals surface area contributed by atoms with Crippen molar-refractivity contribution in [3.63, 3.8) is 0 Å². The van der Waals surface area contributed by atoms with Crippen molar-refractivity contribution in [2.75, 3.05) is 0 Å². The molecule has 1 aromatic carbocycles. The third-order valence-corrected chi connectivity index (χ3v) is 2.72. The minimum absolute atomic E-state index is 0.115. The second-order valence-electron chi connectivity index (χ2n) is 4.19. The van der Waals surface area contributed by atoms with Gasteiger partial charge in [0.2, 0.25) is 0 Å². The van der Waals surface area contributed by atoms with Gasteiger partial charge in [-0.15, -0.1) is 0 Å². The lowest BCUT2D eigenvalue weighted by atomic mass is 10.2. The van der Waals surface area contributed by atoms with Gasteiger partial charge in [0.15, 0.2) is 5.75 Å². The third kappa shape index (κ3) is 3.64. The van der Waals surface area contributed by atoms with Gasteiger partial charge < -0.3 is 15.0 Å². The van der Waals surface area contributed by atoms with Gasteiger partial charge >= 0.3 is 0 Å². The zero-order valence-corrected chi connectivity index (χ0v) is 11.4. The number of halogens is 1. The molecule has 6 heteroatoms. The molecule has 0 radical (unpaired) electrons. The highest BCUT2D eigenvalue weighted by atomic mass is 32.1. The third-order valence-electron chi connectivity index (χ3n) is 2.59. The first-order valence-corrected chi connectivity index (χ1v) is 6.32. The largest absolute Gasteiger partial charge is 0.483 e. The molecule has 1 aromatic heterocycles. The summed E-state index contributed by atoms with van der Waals surface area (Å²) in [5.41, 5.74) is 5.74. The summed E-state index contributed by atoms with van der Waals surface area (Å²) >= 11 is 4.77. The Morgan fingerprint density at radius 3 is 2.85 bits per heavy atom. The van der Waals surface area contributed by atoms with Crippen molar-refractivity contribution >= 4 is 17.2 Å². The second kappa shape index (κ2) is 6.29. The summed E-state index contributed by atoms with van der Waals surface area (Å²) in [6.45, 7) is 0.273. The van der Waals surface area contributed by atoms with Crippen molar-refractivity contribution in [3.8, 4) is 5.75 Å². The van der Waals surface area contributed by atoms with E-state index < -0.39 is 0 Å². The smallest absolute Gasteiger partial charge is 0.293 e. The molecule has 0 spiro atoms. The Bertz CT molecular complexity index is 685. The second-order valence-corrected chi connectivity index (χ2v) is 4.71. The lowest BCUT2D eigenvalue weighted by molar-refractivity contribution is 0.299. The Morgan fingerprint density at radius 1 is 1.35 bits per heavy atom. The average Bonchev–Trinajstić information content (AvgIpc) is 2.39. The molecule has 20 heavy (non-hydrogen) atoms. The van der Waals surface area contributed by atoms with Gasteiger partial charge in [-0.25, -0.2) is 4.39 Å². The molecule has 0 atom stereocenters. The van der Waals surface area contributed by atoms with E-state index in [0.717, 1.165) is 0 Å². The van der Waals surface area contributed by atoms with Crippen molar-refractivity contribution in [3.05, 3.63) is 64.3 Å². The first kappa shape index (κ1) is 14.2. The van der Waals surface area contributed by atoms with E-state index in [1.54, 1.807) is 30.5 Å². The number of aromatic nitrogens is 1. The van der Waals surface area contributed by atoms with Crippen LogP contribution in [0.1, 0.15) is 5.56 Å². The minimum Gasteiger partial charge on any atom is -0.483 e. The molecular weight excluding hydrogens is 279 g/mol. The van der Waals surface area contributed by atoms with Crippen molar-refractivity contribution in [1.29, 1.82) is 0 Å². The van der Waals surface area contributed by atoms with Crippen LogP contribution in [-0.4, -0.2) is 9.56 Å². The van der Waals surface area contributed by atoms with Gasteiger partial charge in [0, 0.05) is 6.20 Å². The lowest BCUT2D eigenvalue weighted by Crippen LogP contribution is -2.27. The Kier molecular flexibility index (Phi) is 4.47. The summed E-state index contributed by atoms with van der Waals surface area (Å²) in [5.74, 6) is -0.168. The molecule has 2 rings (SSSR count). The van der Waals surface area contributed by atoms with Crippen molar-refractivity contribution in [1.82, 2.24) is 4.57 Å². The van der Waals surface area contributed by atoms with Crippen LogP contribution in [0.25, 0.3) is 0 Å². The summed E-state index contributed by atoms with van der Waals surface area (Å²) in [6.07, 6.45) is 1.58. The fourth-order valence-electron chi connectivity index (χ4n) is 1.70.